The predicted octanol–water partition coefficient (Wildman–Crippen LogP) is 2.06. The second-order valence-corrected chi connectivity index (χ2v) is 6.12. The van der Waals surface area contributed by atoms with Gasteiger partial charge in [0.15, 0.2) is 0 Å². The minimum atomic E-state index is -0.112. The summed E-state index contributed by atoms with van der Waals surface area (Å²) in [6.45, 7) is 1.97. The van der Waals surface area contributed by atoms with E-state index in [1.807, 2.05) is 25.1 Å². The van der Waals surface area contributed by atoms with Gasteiger partial charge in [-0.05, 0) is 47.9 Å². The van der Waals surface area contributed by atoms with Gasteiger partial charge in [-0.1, -0.05) is 17.8 Å². The van der Waals surface area contributed by atoms with Gasteiger partial charge in [0.25, 0.3) is 0 Å². The second kappa shape index (κ2) is 6.35. The lowest BCUT2D eigenvalue weighted by Crippen LogP contribution is -2.15. The molecule has 1 N–H and O–H groups in total. The fourth-order valence-corrected chi connectivity index (χ4v) is 2.81. The lowest BCUT2D eigenvalue weighted by atomic mass is 10.2. The molecule has 0 saturated heterocycles. The summed E-state index contributed by atoms with van der Waals surface area (Å²) in [5, 5.41) is 15.2. The van der Waals surface area contributed by atoms with Crippen LogP contribution >= 0.6 is 11.8 Å². The van der Waals surface area contributed by atoms with Crippen molar-refractivity contribution in [1.82, 2.24) is 20.2 Å². The first-order valence-electron chi connectivity index (χ1n) is 7.02. The first-order chi connectivity index (χ1) is 10.7. The highest BCUT2D eigenvalue weighted by atomic mass is 32.2. The van der Waals surface area contributed by atoms with E-state index in [9.17, 15) is 4.79 Å². The summed E-state index contributed by atoms with van der Waals surface area (Å²) < 4.78 is 7.05. The van der Waals surface area contributed by atoms with Crippen molar-refractivity contribution in [3.8, 4) is 5.75 Å². The number of amides is 1. The van der Waals surface area contributed by atoms with E-state index < -0.39 is 0 Å². The third-order valence-electron chi connectivity index (χ3n) is 3.32. The number of carbonyl (C=O) groups is 1. The maximum absolute atomic E-state index is 12.1. The summed E-state index contributed by atoms with van der Waals surface area (Å²) in [5.74, 6) is 0.787. The number of methoxy groups -OCH3 is 1. The molecular weight excluding hydrogens is 302 g/mol. The molecule has 1 aromatic carbocycles. The van der Waals surface area contributed by atoms with Crippen LogP contribution < -0.4 is 10.1 Å². The van der Waals surface area contributed by atoms with Gasteiger partial charge in [-0.3, -0.25) is 4.79 Å². The van der Waals surface area contributed by atoms with Crippen LogP contribution in [0.4, 0.5) is 5.69 Å². The van der Waals surface area contributed by atoms with Crippen molar-refractivity contribution in [3.05, 3.63) is 23.8 Å². The SMILES string of the molecule is COc1ccc(C)cc1NC(=O)CSc1nnnn1C1CC1. The number of carbonyl (C=O) groups excluding carboxylic acids is 1. The van der Waals surface area contributed by atoms with Crippen molar-refractivity contribution in [2.24, 2.45) is 0 Å². The molecule has 0 radical (unpaired) electrons. The number of tetrazole rings is 1. The molecular formula is C14H17N5O2S. The van der Waals surface area contributed by atoms with Gasteiger partial charge in [0, 0.05) is 0 Å². The van der Waals surface area contributed by atoms with E-state index >= 15 is 0 Å². The van der Waals surface area contributed by atoms with E-state index in [1.54, 1.807) is 11.8 Å². The number of anilines is 1. The summed E-state index contributed by atoms with van der Waals surface area (Å²) in [4.78, 5) is 12.1. The van der Waals surface area contributed by atoms with Crippen LogP contribution in [0.2, 0.25) is 0 Å². The van der Waals surface area contributed by atoms with Crippen LogP contribution in [0.3, 0.4) is 0 Å². The molecule has 1 aliphatic carbocycles. The topological polar surface area (TPSA) is 81.9 Å². The molecule has 0 unspecified atom stereocenters. The first kappa shape index (κ1) is 14.8. The zero-order valence-electron chi connectivity index (χ0n) is 12.4. The van der Waals surface area contributed by atoms with Crippen LogP contribution in [0.1, 0.15) is 24.4 Å². The Labute approximate surface area is 132 Å². The Morgan fingerprint density at radius 1 is 1.50 bits per heavy atom. The van der Waals surface area contributed by atoms with Crippen LogP contribution in [0.5, 0.6) is 5.75 Å². The molecule has 1 heterocycles. The number of rotatable bonds is 6. The van der Waals surface area contributed by atoms with Gasteiger partial charge in [0.05, 0.1) is 24.6 Å². The number of benzene rings is 1. The van der Waals surface area contributed by atoms with Crippen LogP contribution in [-0.2, 0) is 4.79 Å². The molecule has 7 nitrogen and oxygen atoms in total. The van der Waals surface area contributed by atoms with E-state index in [0.29, 0.717) is 22.6 Å². The molecule has 0 atom stereocenters. The summed E-state index contributed by atoms with van der Waals surface area (Å²) in [6.07, 6.45) is 2.20. The van der Waals surface area contributed by atoms with Gasteiger partial charge in [0.1, 0.15) is 5.75 Å². The van der Waals surface area contributed by atoms with Crippen molar-refractivity contribution >= 4 is 23.4 Å². The van der Waals surface area contributed by atoms with Gasteiger partial charge >= 0.3 is 0 Å². The molecule has 1 aliphatic rings. The fourth-order valence-electron chi connectivity index (χ4n) is 2.06. The molecule has 1 fully saturated rings. The zero-order chi connectivity index (χ0) is 15.5. The smallest absolute Gasteiger partial charge is 0.234 e. The Morgan fingerprint density at radius 2 is 2.32 bits per heavy atom. The van der Waals surface area contributed by atoms with Crippen molar-refractivity contribution in [1.29, 1.82) is 0 Å². The summed E-state index contributed by atoms with van der Waals surface area (Å²) >= 11 is 1.34. The number of aryl methyl sites for hydroxylation is 1. The summed E-state index contributed by atoms with van der Waals surface area (Å²) in [5.41, 5.74) is 1.73. The molecule has 0 spiro atoms. The minimum absolute atomic E-state index is 0.112. The highest BCUT2D eigenvalue weighted by molar-refractivity contribution is 7.99. The molecule has 2 aromatic rings. The van der Waals surface area contributed by atoms with Gasteiger partial charge in [-0.25, -0.2) is 4.68 Å². The summed E-state index contributed by atoms with van der Waals surface area (Å²) in [7, 11) is 1.58. The highest BCUT2D eigenvalue weighted by Gasteiger charge is 2.28. The molecule has 1 saturated carbocycles. The van der Waals surface area contributed by atoms with Crippen LogP contribution in [0.25, 0.3) is 0 Å². The van der Waals surface area contributed by atoms with Crippen LogP contribution in [0.15, 0.2) is 23.4 Å². The monoisotopic (exact) mass is 319 g/mol. The molecule has 116 valence electrons. The van der Waals surface area contributed by atoms with E-state index in [1.165, 1.54) is 11.8 Å². The lowest BCUT2D eigenvalue weighted by Gasteiger charge is -2.10. The largest absolute Gasteiger partial charge is 0.495 e. The van der Waals surface area contributed by atoms with E-state index in [0.717, 1.165) is 18.4 Å². The lowest BCUT2D eigenvalue weighted by molar-refractivity contribution is -0.113. The molecule has 22 heavy (non-hydrogen) atoms. The highest BCUT2D eigenvalue weighted by Crippen LogP contribution is 2.36. The zero-order valence-corrected chi connectivity index (χ0v) is 13.3. The average Bonchev–Trinajstić information content (AvgIpc) is 3.24. The Balaban J connectivity index is 1.60. The molecule has 1 amide bonds. The van der Waals surface area contributed by atoms with Crippen LogP contribution in [-0.4, -0.2) is 39.0 Å². The second-order valence-electron chi connectivity index (χ2n) is 5.18. The van der Waals surface area contributed by atoms with E-state index in [-0.39, 0.29) is 11.7 Å². The Kier molecular flexibility index (Phi) is 4.28. The van der Waals surface area contributed by atoms with E-state index in [2.05, 4.69) is 20.8 Å². The first-order valence-corrected chi connectivity index (χ1v) is 8.01. The number of nitrogens with one attached hydrogen (secondary N) is 1. The molecule has 0 bridgehead atoms. The van der Waals surface area contributed by atoms with Gasteiger partial charge in [-0.15, -0.1) is 5.10 Å². The van der Waals surface area contributed by atoms with Crippen molar-refractivity contribution in [2.75, 3.05) is 18.2 Å². The normalized spacial score (nSPS) is 13.9. The molecule has 3 rings (SSSR count). The Bertz CT molecular complexity index is 684. The predicted molar refractivity (Wildman–Crippen MR) is 83.2 cm³/mol. The number of hydrogen-bond acceptors (Lipinski definition) is 6. The van der Waals surface area contributed by atoms with Crippen molar-refractivity contribution in [3.63, 3.8) is 0 Å². The Hall–Kier alpha value is -2.09. The quantitative estimate of drug-likeness (QED) is 0.821. The third kappa shape index (κ3) is 3.38. The van der Waals surface area contributed by atoms with E-state index in [4.69, 9.17) is 4.74 Å². The summed E-state index contributed by atoms with van der Waals surface area (Å²) in [6, 6.07) is 6.06. The number of aromatic nitrogens is 4. The standard InChI is InChI=1S/C14H17N5O2S/c1-9-3-6-12(21-2)11(7-9)15-13(20)8-22-14-16-17-18-19(14)10-4-5-10/h3,6-7,10H,4-5,8H2,1-2H3,(H,15,20). The van der Waals surface area contributed by atoms with Gasteiger partial charge in [-0.2, -0.15) is 0 Å². The maximum Gasteiger partial charge on any atom is 0.234 e. The molecule has 1 aromatic heterocycles. The van der Waals surface area contributed by atoms with Crippen molar-refractivity contribution < 1.29 is 9.53 Å². The Morgan fingerprint density at radius 3 is 3.05 bits per heavy atom. The maximum atomic E-state index is 12.1. The number of nitrogens with zero attached hydrogens (tertiary/aromatic N) is 4. The number of thioether (sulfide) groups is 1. The average molecular weight is 319 g/mol. The number of ether oxygens (including phenoxy) is 1. The van der Waals surface area contributed by atoms with Gasteiger partial charge in [0.2, 0.25) is 11.1 Å². The molecule has 8 heteroatoms. The molecule has 0 aliphatic heterocycles. The van der Waals surface area contributed by atoms with Crippen LogP contribution in [0, 0.1) is 6.92 Å². The third-order valence-corrected chi connectivity index (χ3v) is 4.25. The van der Waals surface area contributed by atoms with Gasteiger partial charge < -0.3 is 10.1 Å². The number of hydrogen-bond donors (Lipinski definition) is 1. The minimum Gasteiger partial charge on any atom is -0.495 e. The van der Waals surface area contributed by atoms with Crippen molar-refractivity contribution in [2.45, 2.75) is 31.0 Å². The fraction of sp³-hybridized carbons (Fsp3) is 0.429.